The first kappa shape index (κ1) is 19.5. The third-order valence-electron chi connectivity index (χ3n) is 5.02. The standard InChI is InChI=1S/C24H23N3O3/c1-16-8-4-5-9-18(16)25-23(28)15-27-20-11-7-6-10-19(20)26-24(27)17-12-13-21(29-2)22(14-17)30-3/h4-14H,15H2,1-3H3,(H,25,28). The number of anilines is 1. The summed E-state index contributed by atoms with van der Waals surface area (Å²) in [4.78, 5) is 17.7. The van der Waals surface area contributed by atoms with E-state index in [1.54, 1.807) is 14.2 Å². The first-order chi connectivity index (χ1) is 14.6. The van der Waals surface area contributed by atoms with Crippen molar-refractivity contribution in [2.75, 3.05) is 19.5 Å². The number of amides is 1. The lowest BCUT2D eigenvalue weighted by Crippen LogP contribution is -2.19. The number of carbonyl (C=O) groups excluding carboxylic acids is 1. The first-order valence-corrected chi connectivity index (χ1v) is 9.64. The smallest absolute Gasteiger partial charge is 0.244 e. The summed E-state index contributed by atoms with van der Waals surface area (Å²) < 4.78 is 12.7. The predicted molar refractivity (Wildman–Crippen MR) is 118 cm³/mol. The first-order valence-electron chi connectivity index (χ1n) is 9.64. The van der Waals surface area contributed by atoms with Crippen LogP contribution >= 0.6 is 0 Å². The Labute approximate surface area is 175 Å². The number of imidazole rings is 1. The second kappa shape index (κ2) is 8.29. The Morgan fingerprint density at radius 2 is 1.70 bits per heavy atom. The summed E-state index contributed by atoms with van der Waals surface area (Å²) in [5.41, 5.74) is 4.38. The van der Waals surface area contributed by atoms with Crippen LogP contribution in [-0.4, -0.2) is 29.7 Å². The van der Waals surface area contributed by atoms with Gasteiger partial charge in [-0.15, -0.1) is 0 Å². The Morgan fingerprint density at radius 3 is 2.47 bits per heavy atom. The van der Waals surface area contributed by atoms with Crippen molar-refractivity contribution < 1.29 is 14.3 Å². The Kier molecular flexibility index (Phi) is 5.39. The maximum atomic E-state index is 12.9. The molecule has 0 spiro atoms. The number of hydrogen-bond donors (Lipinski definition) is 1. The predicted octanol–water partition coefficient (Wildman–Crippen LogP) is 4.67. The number of para-hydroxylation sites is 3. The molecule has 0 unspecified atom stereocenters. The van der Waals surface area contributed by atoms with E-state index in [-0.39, 0.29) is 12.5 Å². The SMILES string of the molecule is COc1ccc(-c2nc3ccccc3n2CC(=O)Nc2ccccc2C)cc1OC. The summed E-state index contributed by atoms with van der Waals surface area (Å²) in [5, 5.41) is 3.00. The molecule has 4 aromatic rings. The number of rotatable bonds is 6. The molecule has 0 fully saturated rings. The van der Waals surface area contributed by atoms with Crippen LogP contribution in [0, 0.1) is 6.92 Å². The molecular weight excluding hydrogens is 378 g/mol. The van der Waals surface area contributed by atoms with Crippen molar-refractivity contribution in [3.05, 3.63) is 72.3 Å². The lowest BCUT2D eigenvalue weighted by Gasteiger charge is -2.13. The number of methoxy groups -OCH3 is 2. The molecule has 6 nitrogen and oxygen atoms in total. The molecule has 0 saturated carbocycles. The normalized spacial score (nSPS) is 10.8. The van der Waals surface area contributed by atoms with Crippen molar-refractivity contribution in [2.24, 2.45) is 0 Å². The summed E-state index contributed by atoms with van der Waals surface area (Å²) >= 11 is 0. The molecule has 3 aromatic carbocycles. The van der Waals surface area contributed by atoms with Crippen LogP contribution < -0.4 is 14.8 Å². The molecule has 0 atom stereocenters. The third kappa shape index (κ3) is 3.72. The van der Waals surface area contributed by atoms with Crippen LogP contribution in [0.1, 0.15) is 5.56 Å². The van der Waals surface area contributed by atoms with Gasteiger partial charge in [-0.2, -0.15) is 0 Å². The minimum atomic E-state index is -0.117. The lowest BCUT2D eigenvalue weighted by atomic mass is 10.2. The molecule has 0 aliphatic heterocycles. The average Bonchev–Trinajstić information content (AvgIpc) is 3.13. The third-order valence-corrected chi connectivity index (χ3v) is 5.02. The van der Waals surface area contributed by atoms with Crippen molar-refractivity contribution in [1.29, 1.82) is 0 Å². The second-order valence-electron chi connectivity index (χ2n) is 6.94. The van der Waals surface area contributed by atoms with E-state index in [0.717, 1.165) is 27.8 Å². The van der Waals surface area contributed by atoms with Crippen molar-refractivity contribution >= 4 is 22.6 Å². The minimum absolute atomic E-state index is 0.117. The maximum Gasteiger partial charge on any atom is 0.244 e. The van der Waals surface area contributed by atoms with Crippen LogP contribution in [0.5, 0.6) is 11.5 Å². The molecule has 1 aromatic heterocycles. The highest BCUT2D eigenvalue weighted by atomic mass is 16.5. The number of carbonyl (C=O) groups is 1. The van der Waals surface area contributed by atoms with Gasteiger partial charge in [0.25, 0.3) is 0 Å². The Bertz CT molecular complexity index is 1210. The number of ether oxygens (including phenoxy) is 2. The number of aryl methyl sites for hydroxylation is 1. The zero-order valence-electron chi connectivity index (χ0n) is 17.2. The molecule has 6 heteroatoms. The summed E-state index contributed by atoms with van der Waals surface area (Å²) in [6.45, 7) is 2.11. The van der Waals surface area contributed by atoms with E-state index in [9.17, 15) is 4.79 Å². The molecule has 0 aliphatic carbocycles. The van der Waals surface area contributed by atoms with Crippen LogP contribution in [0.15, 0.2) is 66.7 Å². The number of hydrogen-bond acceptors (Lipinski definition) is 4. The van der Waals surface area contributed by atoms with Gasteiger partial charge in [0, 0.05) is 11.3 Å². The fourth-order valence-electron chi connectivity index (χ4n) is 3.48. The summed E-state index contributed by atoms with van der Waals surface area (Å²) in [7, 11) is 3.20. The van der Waals surface area contributed by atoms with Crippen molar-refractivity contribution in [2.45, 2.75) is 13.5 Å². The van der Waals surface area contributed by atoms with Crippen molar-refractivity contribution in [1.82, 2.24) is 9.55 Å². The Morgan fingerprint density at radius 1 is 0.967 bits per heavy atom. The molecule has 4 rings (SSSR count). The Hall–Kier alpha value is -3.80. The van der Waals surface area contributed by atoms with Crippen LogP contribution in [0.4, 0.5) is 5.69 Å². The number of benzene rings is 3. The van der Waals surface area contributed by atoms with Crippen LogP contribution in [-0.2, 0) is 11.3 Å². The number of nitrogens with one attached hydrogen (secondary N) is 1. The van der Waals surface area contributed by atoms with E-state index < -0.39 is 0 Å². The molecule has 152 valence electrons. The van der Waals surface area contributed by atoms with Gasteiger partial charge in [0.1, 0.15) is 12.4 Å². The van der Waals surface area contributed by atoms with Gasteiger partial charge >= 0.3 is 0 Å². The molecule has 0 aliphatic rings. The zero-order valence-corrected chi connectivity index (χ0v) is 17.2. The molecule has 1 N–H and O–H groups in total. The van der Waals surface area contributed by atoms with Gasteiger partial charge in [-0.3, -0.25) is 4.79 Å². The number of nitrogens with zero attached hydrogens (tertiary/aromatic N) is 2. The lowest BCUT2D eigenvalue weighted by molar-refractivity contribution is -0.116. The average molecular weight is 401 g/mol. The van der Waals surface area contributed by atoms with Gasteiger partial charge in [-0.05, 0) is 48.9 Å². The van der Waals surface area contributed by atoms with E-state index in [0.29, 0.717) is 17.3 Å². The van der Waals surface area contributed by atoms with Crippen molar-refractivity contribution in [3.63, 3.8) is 0 Å². The molecule has 0 radical (unpaired) electrons. The van der Waals surface area contributed by atoms with Crippen LogP contribution in [0.2, 0.25) is 0 Å². The van der Waals surface area contributed by atoms with Crippen molar-refractivity contribution in [3.8, 4) is 22.9 Å². The summed E-state index contributed by atoms with van der Waals surface area (Å²) in [5.74, 6) is 1.82. The fourth-order valence-corrected chi connectivity index (χ4v) is 3.48. The van der Waals surface area contributed by atoms with Gasteiger partial charge in [0.05, 0.1) is 25.3 Å². The Balaban J connectivity index is 1.74. The molecular formula is C24H23N3O3. The van der Waals surface area contributed by atoms with E-state index in [1.807, 2.05) is 78.2 Å². The van der Waals surface area contributed by atoms with Gasteiger partial charge < -0.3 is 19.4 Å². The highest BCUT2D eigenvalue weighted by Gasteiger charge is 2.17. The fraction of sp³-hybridized carbons (Fsp3) is 0.167. The molecule has 1 amide bonds. The van der Waals surface area contributed by atoms with Crippen LogP contribution in [0.3, 0.4) is 0 Å². The maximum absolute atomic E-state index is 12.9. The quantitative estimate of drug-likeness (QED) is 0.510. The van der Waals surface area contributed by atoms with E-state index in [4.69, 9.17) is 14.5 Å². The molecule has 0 bridgehead atoms. The highest BCUT2D eigenvalue weighted by molar-refractivity contribution is 5.93. The minimum Gasteiger partial charge on any atom is -0.493 e. The molecule has 1 heterocycles. The highest BCUT2D eigenvalue weighted by Crippen LogP contribution is 2.33. The van der Waals surface area contributed by atoms with Gasteiger partial charge in [0.2, 0.25) is 5.91 Å². The van der Waals surface area contributed by atoms with E-state index >= 15 is 0 Å². The number of aromatic nitrogens is 2. The number of fused-ring (bicyclic) bond motifs is 1. The van der Waals surface area contributed by atoms with Gasteiger partial charge in [-0.25, -0.2) is 4.98 Å². The monoisotopic (exact) mass is 401 g/mol. The summed E-state index contributed by atoms with van der Waals surface area (Å²) in [6.07, 6.45) is 0. The topological polar surface area (TPSA) is 65.4 Å². The largest absolute Gasteiger partial charge is 0.493 e. The summed E-state index contributed by atoms with van der Waals surface area (Å²) in [6, 6.07) is 21.1. The van der Waals surface area contributed by atoms with Crippen LogP contribution in [0.25, 0.3) is 22.4 Å². The second-order valence-corrected chi connectivity index (χ2v) is 6.94. The zero-order chi connectivity index (χ0) is 21.1. The molecule has 0 saturated heterocycles. The van der Waals surface area contributed by atoms with Gasteiger partial charge in [0.15, 0.2) is 11.5 Å². The molecule has 30 heavy (non-hydrogen) atoms. The van der Waals surface area contributed by atoms with E-state index in [2.05, 4.69) is 5.32 Å². The van der Waals surface area contributed by atoms with Gasteiger partial charge in [-0.1, -0.05) is 30.3 Å². The van der Waals surface area contributed by atoms with E-state index in [1.165, 1.54) is 0 Å².